The zero-order chi connectivity index (χ0) is 8.27. The second-order valence-electron chi connectivity index (χ2n) is 2.35. The van der Waals surface area contributed by atoms with Crippen molar-refractivity contribution in [2.75, 3.05) is 0 Å². The van der Waals surface area contributed by atoms with E-state index in [0.717, 1.165) is 4.88 Å². The van der Waals surface area contributed by atoms with Gasteiger partial charge in [-0.3, -0.25) is 0 Å². The second kappa shape index (κ2) is 3.42. The Morgan fingerprint density at radius 3 is 2.91 bits per heavy atom. The highest BCUT2D eigenvalue weighted by atomic mass is 32.1. The van der Waals surface area contributed by atoms with Gasteiger partial charge in [-0.05, 0) is 29.5 Å². The summed E-state index contributed by atoms with van der Waals surface area (Å²) >= 11 is 1.63. The summed E-state index contributed by atoms with van der Waals surface area (Å²) in [5.74, 6) is 0. The van der Waals surface area contributed by atoms with Gasteiger partial charge in [0, 0.05) is 9.79 Å². The Morgan fingerprint density at radius 2 is 2.45 bits per heavy atom. The van der Waals surface area contributed by atoms with Crippen molar-refractivity contribution in [3.63, 3.8) is 0 Å². The molecular formula is C7H9N3S. The molecule has 0 unspecified atom stereocenters. The average Bonchev–Trinajstić information content (AvgIpc) is 2.36. The van der Waals surface area contributed by atoms with E-state index in [1.54, 1.807) is 11.3 Å². The van der Waals surface area contributed by atoms with Crippen LogP contribution in [0.4, 0.5) is 0 Å². The van der Waals surface area contributed by atoms with E-state index in [1.807, 2.05) is 25.3 Å². The lowest BCUT2D eigenvalue weighted by molar-refractivity contribution is 0.820. The van der Waals surface area contributed by atoms with Crippen LogP contribution in [0.1, 0.15) is 23.4 Å². The summed E-state index contributed by atoms with van der Waals surface area (Å²) in [5.41, 5.74) is 9.39. The van der Waals surface area contributed by atoms with Gasteiger partial charge in [0.2, 0.25) is 0 Å². The molecule has 58 valence electrons. The third kappa shape index (κ3) is 1.73. The lowest BCUT2D eigenvalue weighted by Gasteiger charge is -2.00. The van der Waals surface area contributed by atoms with Gasteiger partial charge in [0.15, 0.2) is 0 Å². The van der Waals surface area contributed by atoms with Crippen LogP contribution >= 0.6 is 11.3 Å². The molecule has 0 N–H and O–H groups in total. The summed E-state index contributed by atoms with van der Waals surface area (Å²) < 4.78 is 0. The molecule has 1 atom stereocenters. The normalized spacial score (nSPS) is 12.2. The van der Waals surface area contributed by atoms with Gasteiger partial charge in [-0.1, -0.05) is 12.0 Å². The van der Waals surface area contributed by atoms with Gasteiger partial charge in [-0.25, -0.2) is 0 Å². The molecule has 0 saturated carbocycles. The molecule has 0 amide bonds. The first-order valence-electron chi connectivity index (χ1n) is 3.34. The van der Waals surface area contributed by atoms with Crippen LogP contribution in [0.5, 0.6) is 0 Å². The Bertz CT molecular complexity index is 286. The number of azide groups is 1. The number of rotatable bonds is 2. The lowest BCUT2D eigenvalue weighted by atomic mass is 10.2. The summed E-state index contributed by atoms with van der Waals surface area (Å²) in [7, 11) is 0. The minimum atomic E-state index is -0.0278. The molecule has 0 aromatic carbocycles. The van der Waals surface area contributed by atoms with Crippen LogP contribution in [0.15, 0.2) is 16.6 Å². The lowest BCUT2D eigenvalue weighted by Crippen LogP contribution is -1.84. The van der Waals surface area contributed by atoms with Crippen molar-refractivity contribution >= 4 is 11.3 Å². The van der Waals surface area contributed by atoms with Gasteiger partial charge >= 0.3 is 0 Å². The molecule has 11 heavy (non-hydrogen) atoms. The molecule has 0 fully saturated rings. The zero-order valence-electron chi connectivity index (χ0n) is 6.48. The molecule has 1 aromatic heterocycles. The Balaban J connectivity index is 2.92. The highest BCUT2D eigenvalue weighted by molar-refractivity contribution is 7.10. The van der Waals surface area contributed by atoms with Crippen molar-refractivity contribution in [2.45, 2.75) is 19.9 Å². The predicted octanol–water partition coefficient (Wildman–Crippen LogP) is 3.43. The van der Waals surface area contributed by atoms with Crippen LogP contribution in [0, 0.1) is 6.92 Å². The molecule has 1 aromatic rings. The van der Waals surface area contributed by atoms with Gasteiger partial charge in [-0.15, -0.1) is 11.3 Å². The van der Waals surface area contributed by atoms with Crippen molar-refractivity contribution in [1.82, 2.24) is 0 Å². The number of hydrogen-bond acceptors (Lipinski definition) is 2. The number of thiophene rings is 1. The summed E-state index contributed by atoms with van der Waals surface area (Å²) in [6.07, 6.45) is 0. The Hall–Kier alpha value is -0.990. The maximum absolute atomic E-state index is 8.19. The van der Waals surface area contributed by atoms with Gasteiger partial charge in [0.25, 0.3) is 0 Å². The maximum atomic E-state index is 8.19. The van der Waals surface area contributed by atoms with E-state index in [9.17, 15) is 0 Å². The molecule has 4 heteroatoms. The molecule has 0 aliphatic carbocycles. The predicted molar refractivity (Wildman–Crippen MR) is 46.6 cm³/mol. The fraction of sp³-hybridized carbons (Fsp3) is 0.429. The van der Waals surface area contributed by atoms with E-state index in [1.165, 1.54) is 5.56 Å². The standard InChI is InChI=1S/C7H9N3S/c1-5-3-4-11-7(5)6(2)9-10-8/h3-4,6H,1-2H3/t6-/m1/s1. The minimum absolute atomic E-state index is 0.0278. The van der Waals surface area contributed by atoms with Crippen LogP contribution in [0.25, 0.3) is 10.4 Å². The van der Waals surface area contributed by atoms with Crippen LogP contribution in [0.3, 0.4) is 0 Å². The van der Waals surface area contributed by atoms with Crippen molar-refractivity contribution < 1.29 is 0 Å². The summed E-state index contributed by atoms with van der Waals surface area (Å²) in [5, 5.41) is 5.63. The third-order valence-electron chi connectivity index (χ3n) is 1.51. The van der Waals surface area contributed by atoms with Crippen molar-refractivity contribution in [1.29, 1.82) is 0 Å². The first kappa shape index (κ1) is 8.11. The van der Waals surface area contributed by atoms with E-state index in [0.29, 0.717) is 0 Å². The molecule has 0 bridgehead atoms. The smallest absolute Gasteiger partial charge is 0.0693 e. The molecule has 1 rings (SSSR count). The molecular weight excluding hydrogens is 158 g/mol. The first-order valence-corrected chi connectivity index (χ1v) is 4.22. The second-order valence-corrected chi connectivity index (χ2v) is 3.30. The zero-order valence-corrected chi connectivity index (χ0v) is 7.30. The molecule has 0 radical (unpaired) electrons. The quantitative estimate of drug-likeness (QED) is 0.368. The van der Waals surface area contributed by atoms with Crippen molar-refractivity contribution in [3.8, 4) is 0 Å². The first-order chi connectivity index (χ1) is 5.25. The molecule has 0 spiro atoms. The Labute approximate surface area is 69.3 Å². The van der Waals surface area contributed by atoms with Crippen LogP contribution in [0.2, 0.25) is 0 Å². The van der Waals surface area contributed by atoms with E-state index in [-0.39, 0.29) is 6.04 Å². The number of nitrogens with zero attached hydrogens (tertiary/aromatic N) is 3. The monoisotopic (exact) mass is 167 g/mol. The van der Waals surface area contributed by atoms with E-state index >= 15 is 0 Å². The summed E-state index contributed by atoms with van der Waals surface area (Å²) in [6.45, 7) is 3.92. The average molecular weight is 167 g/mol. The fourth-order valence-corrected chi connectivity index (χ4v) is 1.86. The van der Waals surface area contributed by atoms with E-state index in [4.69, 9.17) is 5.53 Å². The Morgan fingerprint density at radius 1 is 1.73 bits per heavy atom. The van der Waals surface area contributed by atoms with Crippen LogP contribution in [-0.4, -0.2) is 0 Å². The molecule has 1 heterocycles. The topological polar surface area (TPSA) is 48.8 Å². The highest BCUT2D eigenvalue weighted by Crippen LogP contribution is 2.25. The fourth-order valence-electron chi connectivity index (χ4n) is 0.942. The van der Waals surface area contributed by atoms with Crippen molar-refractivity contribution in [3.05, 3.63) is 32.3 Å². The molecule has 3 nitrogen and oxygen atoms in total. The number of aryl methyl sites for hydroxylation is 1. The van der Waals surface area contributed by atoms with Gasteiger partial charge in [-0.2, -0.15) is 0 Å². The number of hydrogen-bond donors (Lipinski definition) is 0. The van der Waals surface area contributed by atoms with Gasteiger partial charge in [0.05, 0.1) is 6.04 Å². The SMILES string of the molecule is Cc1ccsc1[C@@H](C)N=[N+]=[N-]. The molecule has 0 saturated heterocycles. The highest BCUT2D eigenvalue weighted by Gasteiger charge is 2.06. The van der Waals surface area contributed by atoms with Crippen LogP contribution < -0.4 is 0 Å². The maximum Gasteiger partial charge on any atom is 0.0693 e. The largest absolute Gasteiger partial charge is 0.148 e. The van der Waals surface area contributed by atoms with Crippen molar-refractivity contribution in [2.24, 2.45) is 5.11 Å². The van der Waals surface area contributed by atoms with Gasteiger partial charge in [0.1, 0.15) is 0 Å². The van der Waals surface area contributed by atoms with E-state index in [2.05, 4.69) is 10.0 Å². The van der Waals surface area contributed by atoms with Crippen LogP contribution in [-0.2, 0) is 0 Å². The summed E-state index contributed by atoms with van der Waals surface area (Å²) in [6, 6.07) is 2.00. The minimum Gasteiger partial charge on any atom is -0.148 e. The Kier molecular flexibility index (Phi) is 2.52. The summed E-state index contributed by atoms with van der Waals surface area (Å²) in [4.78, 5) is 3.92. The van der Waals surface area contributed by atoms with E-state index < -0.39 is 0 Å². The molecule has 0 aliphatic rings. The molecule has 0 aliphatic heterocycles. The third-order valence-corrected chi connectivity index (χ3v) is 2.70. The van der Waals surface area contributed by atoms with Gasteiger partial charge < -0.3 is 0 Å².